The SMILES string of the molecule is CC(=O)OC1=CC2(C)CCC3C(CC[C@@]4(C)C3CC[C@@H]4OC(C)=O)C2CC1. The standard InChI is InChI=1S/C23H34O4/c1-14(24)26-16-5-6-19-17-10-12-23(4)20(7-8-21(23)27-15(2)25)18(17)9-11-22(19,3)13-16/h13,17-21H,5-12H2,1-4H3/t17?,18?,19?,20?,21-,22?,23-/m0/s1. The van der Waals surface area contributed by atoms with E-state index in [4.69, 9.17) is 9.47 Å². The van der Waals surface area contributed by atoms with Gasteiger partial charge in [0.15, 0.2) is 0 Å². The highest BCUT2D eigenvalue weighted by Gasteiger charge is 2.59. The third-order valence-corrected chi connectivity index (χ3v) is 8.56. The molecular formula is C23H34O4. The molecule has 4 aliphatic rings. The maximum atomic E-state index is 11.6. The Balaban J connectivity index is 1.54. The van der Waals surface area contributed by atoms with E-state index in [-0.39, 0.29) is 28.9 Å². The van der Waals surface area contributed by atoms with Crippen molar-refractivity contribution >= 4 is 11.9 Å². The molecule has 5 unspecified atom stereocenters. The summed E-state index contributed by atoms with van der Waals surface area (Å²) in [6.07, 6.45) is 11.5. The van der Waals surface area contributed by atoms with Gasteiger partial charge in [0, 0.05) is 25.7 Å². The molecule has 0 spiro atoms. The summed E-state index contributed by atoms with van der Waals surface area (Å²) < 4.78 is 11.2. The second kappa shape index (κ2) is 6.63. The Morgan fingerprint density at radius 2 is 1.63 bits per heavy atom. The van der Waals surface area contributed by atoms with Crippen molar-refractivity contribution in [3.63, 3.8) is 0 Å². The minimum atomic E-state index is -0.201. The number of rotatable bonds is 2. The maximum absolute atomic E-state index is 11.6. The van der Waals surface area contributed by atoms with Gasteiger partial charge in [-0.2, -0.15) is 0 Å². The van der Waals surface area contributed by atoms with Gasteiger partial charge >= 0.3 is 11.9 Å². The van der Waals surface area contributed by atoms with Gasteiger partial charge in [-0.25, -0.2) is 0 Å². The lowest BCUT2D eigenvalue weighted by Crippen LogP contribution is -2.51. The summed E-state index contributed by atoms with van der Waals surface area (Å²) in [6, 6.07) is 0. The van der Waals surface area contributed by atoms with Gasteiger partial charge < -0.3 is 9.47 Å². The number of carbonyl (C=O) groups excluding carboxylic acids is 2. The lowest BCUT2D eigenvalue weighted by Gasteiger charge is -2.57. The van der Waals surface area contributed by atoms with Crippen LogP contribution in [0.15, 0.2) is 11.8 Å². The Morgan fingerprint density at radius 1 is 0.926 bits per heavy atom. The highest BCUT2D eigenvalue weighted by molar-refractivity contribution is 5.67. The van der Waals surface area contributed by atoms with Crippen LogP contribution in [0.4, 0.5) is 0 Å². The molecular weight excluding hydrogens is 340 g/mol. The molecule has 0 N–H and O–H groups in total. The first-order chi connectivity index (χ1) is 12.7. The molecule has 0 amide bonds. The van der Waals surface area contributed by atoms with Crippen LogP contribution < -0.4 is 0 Å². The monoisotopic (exact) mass is 374 g/mol. The van der Waals surface area contributed by atoms with Crippen LogP contribution in [0.3, 0.4) is 0 Å². The van der Waals surface area contributed by atoms with Gasteiger partial charge in [-0.3, -0.25) is 9.59 Å². The first kappa shape index (κ1) is 19.0. The van der Waals surface area contributed by atoms with Crippen molar-refractivity contribution in [1.29, 1.82) is 0 Å². The number of hydrogen-bond acceptors (Lipinski definition) is 4. The molecule has 4 aliphatic carbocycles. The molecule has 3 saturated carbocycles. The second-order valence-electron chi connectivity index (χ2n) is 10.0. The summed E-state index contributed by atoms with van der Waals surface area (Å²) in [6.45, 7) is 7.79. The Kier molecular flexibility index (Phi) is 4.67. The van der Waals surface area contributed by atoms with Crippen molar-refractivity contribution in [2.45, 2.75) is 85.2 Å². The summed E-state index contributed by atoms with van der Waals surface area (Å²) in [4.78, 5) is 22.9. The van der Waals surface area contributed by atoms with E-state index in [1.54, 1.807) is 6.92 Å². The molecule has 7 atom stereocenters. The van der Waals surface area contributed by atoms with Crippen LogP contribution in [0.5, 0.6) is 0 Å². The van der Waals surface area contributed by atoms with Crippen molar-refractivity contribution in [2.24, 2.45) is 34.5 Å². The quantitative estimate of drug-likeness (QED) is 0.637. The number of allylic oxidation sites excluding steroid dienone is 2. The third kappa shape index (κ3) is 3.13. The van der Waals surface area contributed by atoms with E-state index in [9.17, 15) is 9.59 Å². The highest BCUT2D eigenvalue weighted by atomic mass is 16.5. The maximum Gasteiger partial charge on any atom is 0.307 e. The molecule has 0 heterocycles. The molecule has 3 fully saturated rings. The average molecular weight is 375 g/mol. The molecule has 0 bridgehead atoms. The number of esters is 2. The van der Waals surface area contributed by atoms with Crippen molar-refractivity contribution in [3.05, 3.63) is 11.8 Å². The topological polar surface area (TPSA) is 52.6 Å². The van der Waals surface area contributed by atoms with E-state index in [2.05, 4.69) is 19.9 Å². The van der Waals surface area contributed by atoms with Crippen molar-refractivity contribution in [3.8, 4) is 0 Å². The predicted molar refractivity (Wildman–Crippen MR) is 103 cm³/mol. The van der Waals surface area contributed by atoms with Gasteiger partial charge in [0.05, 0.1) is 0 Å². The van der Waals surface area contributed by atoms with E-state index in [0.717, 1.165) is 36.9 Å². The van der Waals surface area contributed by atoms with Gasteiger partial charge in [-0.15, -0.1) is 0 Å². The lowest BCUT2D eigenvalue weighted by atomic mass is 9.47. The lowest BCUT2D eigenvalue weighted by molar-refractivity contribution is -0.157. The fourth-order valence-corrected chi connectivity index (χ4v) is 7.46. The predicted octanol–water partition coefficient (Wildman–Crippen LogP) is 5.02. The van der Waals surface area contributed by atoms with Crippen molar-refractivity contribution in [1.82, 2.24) is 0 Å². The van der Waals surface area contributed by atoms with Crippen LogP contribution in [0.2, 0.25) is 0 Å². The number of fused-ring (bicyclic) bond motifs is 5. The zero-order valence-electron chi connectivity index (χ0n) is 17.3. The zero-order chi connectivity index (χ0) is 19.4. The molecule has 4 rings (SSSR count). The van der Waals surface area contributed by atoms with Gasteiger partial charge in [0.2, 0.25) is 0 Å². The van der Waals surface area contributed by atoms with Crippen molar-refractivity contribution in [2.75, 3.05) is 0 Å². The molecule has 150 valence electrons. The van der Waals surface area contributed by atoms with Crippen molar-refractivity contribution < 1.29 is 19.1 Å². The van der Waals surface area contributed by atoms with Gasteiger partial charge in [0.25, 0.3) is 0 Å². The highest BCUT2D eigenvalue weighted by Crippen LogP contribution is 2.65. The molecule has 4 heteroatoms. The van der Waals surface area contributed by atoms with E-state index in [0.29, 0.717) is 11.8 Å². The fourth-order valence-electron chi connectivity index (χ4n) is 7.46. The summed E-state index contributed by atoms with van der Waals surface area (Å²) >= 11 is 0. The van der Waals surface area contributed by atoms with Crippen LogP contribution >= 0.6 is 0 Å². The minimum absolute atomic E-state index is 0.107. The molecule has 0 aliphatic heterocycles. The number of carbonyl (C=O) groups is 2. The normalized spacial score (nSPS) is 45.8. The Morgan fingerprint density at radius 3 is 2.33 bits per heavy atom. The fraction of sp³-hybridized carbons (Fsp3) is 0.826. The summed E-state index contributed by atoms with van der Waals surface area (Å²) in [5, 5.41) is 0. The van der Waals surface area contributed by atoms with E-state index in [1.807, 2.05) is 0 Å². The Bertz CT molecular complexity index is 667. The first-order valence-electron chi connectivity index (χ1n) is 10.8. The molecule has 27 heavy (non-hydrogen) atoms. The molecule has 0 aromatic heterocycles. The van der Waals surface area contributed by atoms with Gasteiger partial charge in [-0.1, -0.05) is 13.8 Å². The van der Waals surface area contributed by atoms with E-state index in [1.165, 1.54) is 39.0 Å². The van der Waals surface area contributed by atoms with E-state index >= 15 is 0 Å². The van der Waals surface area contributed by atoms with Crippen LogP contribution in [0.1, 0.15) is 79.1 Å². The van der Waals surface area contributed by atoms with Crippen LogP contribution in [-0.4, -0.2) is 18.0 Å². The smallest absolute Gasteiger partial charge is 0.307 e. The minimum Gasteiger partial charge on any atom is -0.462 e. The first-order valence-corrected chi connectivity index (χ1v) is 10.8. The van der Waals surface area contributed by atoms with Crippen LogP contribution in [0.25, 0.3) is 0 Å². The second-order valence-corrected chi connectivity index (χ2v) is 10.0. The number of ether oxygens (including phenoxy) is 2. The molecule has 0 aromatic carbocycles. The Hall–Kier alpha value is -1.32. The zero-order valence-corrected chi connectivity index (χ0v) is 17.3. The summed E-state index contributed by atoms with van der Waals surface area (Å²) in [5.74, 6) is 3.44. The van der Waals surface area contributed by atoms with Gasteiger partial charge in [-0.05, 0) is 80.1 Å². The third-order valence-electron chi connectivity index (χ3n) is 8.56. The average Bonchev–Trinajstić information content (AvgIpc) is 2.89. The molecule has 0 saturated heterocycles. The van der Waals surface area contributed by atoms with Crippen LogP contribution in [-0.2, 0) is 19.1 Å². The molecule has 4 nitrogen and oxygen atoms in total. The molecule has 0 radical (unpaired) electrons. The summed E-state index contributed by atoms with van der Waals surface area (Å²) in [5.41, 5.74) is 0.319. The largest absolute Gasteiger partial charge is 0.462 e. The van der Waals surface area contributed by atoms with E-state index < -0.39 is 0 Å². The Labute approximate surface area is 163 Å². The van der Waals surface area contributed by atoms with Gasteiger partial charge in [0.1, 0.15) is 11.9 Å². The van der Waals surface area contributed by atoms with Crippen LogP contribution in [0, 0.1) is 34.5 Å². The summed E-state index contributed by atoms with van der Waals surface area (Å²) in [7, 11) is 0. The molecule has 0 aromatic rings. The number of hydrogen-bond donors (Lipinski definition) is 0.